The summed E-state index contributed by atoms with van der Waals surface area (Å²) in [6.45, 7) is 2.48. The number of hydrogen-bond donors (Lipinski definition) is 2. The molecule has 0 radical (unpaired) electrons. The quantitative estimate of drug-likeness (QED) is 0.591. The molecule has 0 aromatic heterocycles. The molecule has 2 amide bonds. The van der Waals surface area contributed by atoms with Crippen molar-refractivity contribution in [2.75, 3.05) is 33.3 Å². The van der Waals surface area contributed by atoms with Crippen LogP contribution >= 0.6 is 0 Å². The van der Waals surface area contributed by atoms with E-state index in [1.54, 1.807) is 11.9 Å². The molecule has 0 aliphatic carbocycles. The molecule has 0 aromatic carbocycles. The Hall–Kier alpha value is -1.14. The van der Waals surface area contributed by atoms with Crippen LogP contribution in [-0.2, 0) is 14.3 Å². The largest absolute Gasteiger partial charge is 0.366 e. The van der Waals surface area contributed by atoms with E-state index in [1.807, 2.05) is 0 Å². The van der Waals surface area contributed by atoms with E-state index in [9.17, 15) is 9.59 Å². The molecule has 6 heteroatoms. The molecule has 2 unspecified atom stereocenters. The number of ether oxygens (including phenoxy) is 1. The highest BCUT2D eigenvalue weighted by atomic mass is 16.5. The van der Waals surface area contributed by atoms with Crippen molar-refractivity contribution in [3.8, 4) is 0 Å². The minimum Gasteiger partial charge on any atom is -0.366 e. The second-order valence-electron chi connectivity index (χ2n) is 4.25. The number of nitrogens with one attached hydrogen (secondary N) is 2. The third-order valence-electron chi connectivity index (χ3n) is 2.91. The van der Waals surface area contributed by atoms with E-state index in [1.165, 1.54) is 0 Å². The van der Waals surface area contributed by atoms with Crippen molar-refractivity contribution in [1.29, 1.82) is 0 Å². The van der Waals surface area contributed by atoms with Crippen molar-refractivity contribution in [3.05, 3.63) is 0 Å². The summed E-state index contributed by atoms with van der Waals surface area (Å²) in [6.07, 6.45) is -0.0303. The zero-order valence-electron chi connectivity index (χ0n) is 9.36. The number of morpholine rings is 1. The first-order valence-electron chi connectivity index (χ1n) is 5.53. The van der Waals surface area contributed by atoms with Gasteiger partial charge in [-0.2, -0.15) is 0 Å². The Labute approximate surface area is 94.3 Å². The van der Waals surface area contributed by atoms with Crippen LogP contribution < -0.4 is 10.6 Å². The third-order valence-corrected chi connectivity index (χ3v) is 2.91. The summed E-state index contributed by atoms with van der Waals surface area (Å²) < 4.78 is 5.33. The van der Waals surface area contributed by atoms with Crippen LogP contribution in [0.5, 0.6) is 0 Å². The van der Waals surface area contributed by atoms with Gasteiger partial charge in [0.05, 0.1) is 12.6 Å². The SMILES string of the molecule is CN1CC(NC(=O)C2CNCCO2)CC1=O. The first kappa shape index (κ1) is 11.3. The van der Waals surface area contributed by atoms with Gasteiger partial charge in [0.15, 0.2) is 0 Å². The number of hydrogen-bond acceptors (Lipinski definition) is 4. The monoisotopic (exact) mass is 227 g/mol. The molecule has 2 rings (SSSR count). The molecule has 2 saturated heterocycles. The fourth-order valence-electron chi connectivity index (χ4n) is 1.99. The second kappa shape index (κ2) is 4.80. The summed E-state index contributed by atoms with van der Waals surface area (Å²) >= 11 is 0. The van der Waals surface area contributed by atoms with Crippen LogP contribution in [0.15, 0.2) is 0 Å². The average molecular weight is 227 g/mol. The Balaban J connectivity index is 1.81. The fourth-order valence-corrected chi connectivity index (χ4v) is 1.99. The van der Waals surface area contributed by atoms with Gasteiger partial charge in [0.1, 0.15) is 6.10 Å². The molecule has 90 valence electrons. The standard InChI is InChI=1S/C10H17N3O3/c1-13-6-7(4-9(13)14)12-10(15)8-5-11-2-3-16-8/h7-8,11H,2-6H2,1H3,(H,12,15). The van der Waals surface area contributed by atoms with Gasteiger partial charge in [0.2, 0.25) is 5.91 Å². The van der Waals surface area contributed by atoms with E-state index in [-0.39, 0.29) is 17.9 Å². The molecule has 2 heterocycles. The average Bonchev–Trinajstić information content (AvgIpc) is 2.59. The summed E-state index contributed by atoms with van der Waals surface area (Å²) in [5.41, 5.74) is 0. The molecule has 0 bridgehead atoms. The van der Waals surface area contributed by atoms with Gasteiger partial charge in [-0.3, -0.25) is 9.59 Å². The Bertz CT molecular complexity index is 289. The lowest BCUT2D eigenvalue weighted by atomic mass is 10.2. The Morgan fingerprint density at radius 3 is 3.00 bits per heavy atom. The lowest BCUT2D eigenvalue weighted by Crippen LogP contribution is -2.50. The maximum absolute atomic E-state index is 11.8. The number of carbonyl (C=O) groups is 2. The predicted octanol–water partition coefficient (Wildman–Crippen LogP) is -1.68. The molecule has 0 spiro atoms. The third kappa shape index (κ3) is 2.51. The van der Waals surface area contributed by atoms with Crippen molar-refractivity contribution in [2.45, 2.75) is 18.6 Å². The normalized spacial score (nSPS) is 30.6. The Morgan fingerprint density at radius 2 is 2.44 bits per heavy atom. The molecule has 0 saturated carbocycles. The molecular formula is C10H17N3O3. The first-order chi connectivity index (χ1) is 7.66. The van der Waals surface area contributed by atoms with Crippen LogP contribution in [0, 0.1) is 0 Å². The first-order valence-corrected chi connectivity index (χ1v) is 5.53. The van der Waals surface area contributed by atoms with Gasteiger partial charge in [-0.25, -0.2) is 0 Å². The Kier molecular flexibility index (Phi) is 3.40. The molecule has 2 fully saturated rings. The van der Waals surface area contributed by atoms with E-state index >= 15 is 0 Å². The molecule has 2 aliphatic rings. The van der Waals surface area contributed by atoms with E-state index < -0.39 is 6.10 Å². The zero-order valence-corrected chi connectivity index (χ0v) is 9.36. The zero-order chi connectivity index (χ0) is 11.5. The lowest BCUT2D eigenvalue weighted by Gasteiger charge is -2.24. The van der Waals surface area contributed by atoms with E-state index in [0.29, 0.717) is 26.1 Å². The number of amides is 2. The molecule has 16 heavy (non-hydrogen) atoms. The topological polar surface area (TPSA) is 70.7 Å². The van der Waals surface area contributed by atoms with Crippen LogP contribution in [0.2, 0.25) is 0 Å². The minimum absolute atomic E-state index is 0.0736. The van der Waals surface area contributed by atoms with Crippen molar-refractivity contribution in [1.82, 2.24) is 15.5 Å². The van der Waals surface area contributed by atoms with E-state index in [4.69, 9.17) is 4.74 Å². The minimum atomic E-state index is -0.422. The van der Waals surface area contributed by atoms with Crippen molar-refractivity contribution in [2.24, 2.45) is 0 Å². The highest BCUT2D eigenvalue weighted by Gasteiger charge is 2.30. The van der Waals surface area contributed by atoms with Gasteiger partial charge in [0, 0.05) is 33.1 Å². The molecular weight excluding hydrogens is 210 g/mol. The van der Waals surface area contributed by atoms with Crippen LogP contribution in [-0.4, -0.2) is 62.1 Å². The van der Waals surface area contributed by atoms with Crippen LogP contribution in [0.3, 0.4) is 0 Å². The van der Waals surface area contributed by atoms with Gasteiger partial charge in [-0.15, -0.1) is 0 Å². The smallest absolute Gasteiger partial charge is 0.250 e. The summed E-state index contributed by atoms with van der Waals surface area (Å²) in [4.78, 5) is 24.7. The number of rotatable bonds is 2. The number of likely N-dealkylation sites (N-methyl/N-ethyl adjacent to an activating group) is 1. The van der Waals surface area contributed by atoms with Gasteiger partial charge in [-0.1, -0.05) is 0 Å². The van der Waals surface area contributed by atoms with Crippen molar-refractivity contribution < 1.29 is 14.3 Å². The molecule has 2 atom stereocenters. The van der Waals surface area contributed by atoms with Gasteiger partial charge in [-0.05, 0) is 0 Å². The molecule has 6 nitrogen and oxygen atoms in total. The summed E-state index contributed by atoms with van der Waals surface area (Å²) in [6, 6.07) is -0.0736. The van der Waals surface area contributed by atoms with Gasteiger partial charge in [0.25, 0.3) is 5.91 Å². The number of carbonyl (C=O) groups excluding carboxylic acids is 2. The van der Waals surface area contributed by atoms with E-state index in [0.717, 1.165) is 6.54 Å². The summed E-state index contributed by atoms with van der Waals surface area (Å²) in [5, 5.41) is 5.94. The van der Waals surface area contributed by atoms with Gasteiger partial charge >= 0.3 is 0 Å². The van der Waals surface area contributed by atoms with Crippen LogP contribution in [0.4, 0.5) is 0 Å². The molecule has 2 aliphatic heterocycles. The summed E-state index contributed by atoms with van der Waals surface area (Å²) in [7, 11) is 1.74. The van der Waals surface area contributed by atoms with Crippen molar-refractivity contribution >= 4 is 11.8 Å². The molecule has 2 N–H and O–H groups in total. The van der Waals surface area contributed by atoms with Gasteiger partial charge < -0.3 is 20.3 Å². The summed E-state index contributed by atoms with van der Waals surface area (Å²) in [5.74, 6) is -0.0479. The lowest BCUT2D eigenvalue weighted by molar-refractivity contribution is -0.134. The number of likely N-dealkylation sites (tertiary alicyclic amines) is 1. The highest BCUT2D eigenvalue weighted by Crippen LogP contribution is 2.09. The predicted molar refractivity (Wildman–Crippen MR) is 56.8 cm³/mol. The van der Waals surface area contributed by atoms with E-state index in [2.05, 4.69) is 10.6 Å². The Morgan fingerprint density at radius 1 is 1.62 bits per heavy atom. The highest BCUT2D eigenvalue weighted by molar-refractivity contribution is 5.84. The van der Waals surface area contributed by atoms with Crippen LogP contribution in [0.25, 0.3) is 0 Å². The second-order valence-corrected chi connectivity index (χ2v) is 4.25. The maximum atomic E-state index is 11.8. The number of nitrogens with zero attached hydrogens (tertiary/aromatic N) is 1. The maximum Gasteiger partial charge on any atom is 0.250 e. The molecule has 0 aromatic rings. The van der Waals surface area contributed by atoms with Crippen LogP contribution in [0.1, 0.15) is 6.42 Å². The fraction of sp³-hybridized carbons (Fsp3) is 0.800. The van der Waals surface area contributed by atoms with Crippen molar-refractivity contribution in [3.63, 3.8) is 0 Å².